The van der Waals surface area contributed by atoms with E-state index in [4.69, 9.17) is 15.2 Å². The van der Waals surface area contributed by atoms with Crippen molar-refractivity contribution in [2.75, 3.05) is 25.4 Å². The number of nitrogens with two attached hydrogens (primary N) is 1. The molecule has 21 heavy (non-hydrogen) atoms. The molecule has 1 aliphatic heterocycles. The third kappa shape index (κ3) is 4.81. The number of anilines is 1. The van der Waals surface area contributed by atoms with Crippen LogP contribution in [-0.2, 0) is 4.74 Å². The smallest absolute Gasteiger partial charge is 0.410 e. The van der Waals surface area contributed by atoms with Gasteiger partial charge in [0.25, 0.3) is 0 Å². The van der Waals surface area contributed by atoms with Gasteiger partial charge in [-0.3, -0.25) is 0 Å². The van der Waals surface area contributed by atoms with Gasteiger partial charge in [0.1, 0.15) is 5.60 Å². The van der Waals surface area contributed by atoms with Crippen LogP contribution in [0.15, 0.2) is 18.3 Å². The van der Waals surface area contributed by atoms with Crippen LogP contribution in [0.2, 0.25) is 0 Å². The monoisotopic (exact) mass is 293 g/mol. The number of aromatic nitrogens is 1. The van der Waals surface area contributed by atoms with E-state index in [-0.39, 0.29) is 6.09 Å². The largest absolute Gasteiger partial charge is 0.477 e. The molecule has 1 aliphatic rings. The molecule has 1 amide bonds. The first kappa shape index (κ1) is 15.4. The van der Waals surface area contributed by atoms with Crippen LogP contribution in [0.1, 0.15) is 27.2 Å². The van der Waals surface area contributed by atoms with Gasteiger partial charge in [-0.25, -0.2) is 9.78 Å². The van der Waals surface area contributed by atoms with Crippen molar-refractivity contribution in [3.63, 3.8) is 0 Å². The third-order valence-electron chi connectivity index (χ3n) is 3.16. The zero-order chi connectivity index (χ0) is 15.5. The van der Waals surface area contributed by atoms with Crippen molar-refractivity contribution < 1.29 is 14.3 Å². The number of pyridine rings is 1. The fraction of sp³-hybridized carbons (Fsp3) is 0.600. The van der Waals surface area contributed by atoms with E-state index in [0.717, 1.165) is 6.42 Å². The molecule has 0 saturated carbocycles. The molecule has 0 radical (unpaired) electrons. The van der Waals surface area contributed by atoms with E-state index in [2.05, 4.69) is 4.98 Å². The molecular weight excluding hydrogens is 270 g/mol. The molecule has 0 aromatic carbocycles. The normalized spacial score (nSPS) is 18.6. The van der Waals surface area contributed by atoms with Crippen LogP contribution in [0.25, 0.3) is 0 Å². The summed E-state index contributed by atoms with van der Waals surface area (Å²) in [6.07, 6.45) is 2.22. The molecule has 116 valence electrons. The van der Waals surface area contributed by atoms with Gasteiger partial charge in [-0.2, -0.15) is 0 Å². The van der Waals surface area contributed by atoms with Gasteiger partial charge in [0, 0.05) is 25.1 Å². The zero-order valence-corrected chi connectivity index (χ0v) is 12.8. The number of carbonyl (C=O) groups excluding carboxylic acids is 1. The van der Waals surface area contributed by atoms with E-state index in [9.17, 15) is 4.79 Å². The fourth-order valence-corrected chi connectivity index (χ4v) is 2.14. The summed E-state index contributed by atoms with van der Waals surface area (Å²) >= 11 is 0. The molecule has 6 heteroatoms. The summed E-state index contributed by atoms with van der Waals surface area (Å²) in [5, 5.41) is 0. The fourth-order valence-electron chi connectivity index (χ4n) is 2.14. The molecule has 0 spiro atoms. The molecule has 1 fully saturated rings. The highest BCUT2D eigenvalue weighted by molar-refractivity contribution is 5.68. The van der Waals surface area contributed by atoms with Gasteiger partial charge in [-0.05, 0) is 33.3 Å². The number of nitrogen functional groups attached to an aromatic ring is 1. The number of nitrogens with zero attached hydrogens (tertiary/aromatic N) is 2. The van der Waals surface area contributed by atoms with Crippen molar-refractivity contribution in [1.82, 2.24) is 9.88 Å². The Balaban J connectivity index is 1.77. The summed E-state index contributed by atoms with van der Waals surface area (Å²) in [5.74, 6) is 0.858. The van der Waals surface area contributed by atoms with Gasteiger partial charge in [-0.15, -0.1) is 0 Å². The maximum atomic E-state index is 12.0. The van der Waals surface area contributed by atoms with Gasteiger partial charge in [0.15, 0.2) is 0 Å². The first-order chi connectivity index (χ1) is 9.83. The van der Waals surface area contributed by atoms with Crippen molar-refractivity contribution in [3.8, 4) is 5.88 Å². The SMILES string of the molecule is CC(C)(C)OC(=O)N1CC[C@@H](COc2ccc(N)cn2)C1. The standard InChI is InChI=1S/C15H23N3O3/c1-15(2,3)21-14(19)18-7-6-11(9-18)10-20-13-5-4-12(16)8-17-13/h4-5,8,11H,6-7,9-10,16H2,1-3H3/t11-/m1/s1. The van der Waals surface area contributed by atoms with E-state index in [1.54, 1.807) is 23.2 Å². The van der Waals surface area contributed by atoms with Crippen LogP contribution in [0.4, 0.5) is 10.5 Å². The Bertz CT molecular complexity index is 482. The van der Waals surface area contributed by atoms with Crippen LogP contribution >= 0.6 is 0 Å². The first-order valence-corrected chi connectivity index (χ1v) is 7.16. The Morgan fingerprint density at radius 2 is 2.24 bits per heavy atom. The minimum absolute atomic E-state index is 0.254. The Morgan fingerprint density at radius 3 is 2.86 bits per heavy atom. The molecule has 1 aromatic heterocycles. The van der Waals surface area contributed by atoms with Crippen LogP contribution in [0, 0.1) is 5.92 Å². The Kier molecular flexibility index (Phi) is 4.55. The highest BCUT2D eigenvalue weighted by atomic mass is 16.6. The maximum Gasteiger partial charge on any atom is 0.410 e. The van der Waals surface area contributed by atoms with Crippen molar-refractivity contribution in [3.05, 3.63) is 18.3 Å². The van der Waals surface area contributed by atoms with Crippen LogP contribution < -0.4 is 10.5 Å². The average Bonchev–Trinajstić information content (AvgIpc) is 2.85. The minimum Gasteiger partial charge on any atom is -0.477 e. The number of hydrogen-bond donors (Lipinski definition) is 1. The van der Waals surface area contributed by atoms with Crippen molar-refractivity contribution in [2.24, 2.45) is 5.92 Å². The lowest BCUT2D eigenvalue weighted by Crippen LogP contribution is -2.35. The Morgan fingerprint density at radius 1 is 1.48 bits per heavy atom. The quantitative estimate of drug-likeness (QED) is 0.925. The lowest BCUT2D eigenvalue weighted by atomic mass is 10.1. The number of hydrogen-bond acceptors (Lipinski definition) is 5. The van der Waals surface area contributed by atoms with Crippen molar-refractivity contribution in [1.29, 1.82) is 0 Å². The molecule has 0 unspecified atom stereocenters. The third-order valence-corrected chi connectivity index (χ3v) is 3.16. The summed E-state index contributed by atoms with van der Waals surface area (Å²) in [5.41, 5.74) is 5.72. The molecule has 0 aliphatic carbocycles. The predicted octanol–water partition coefficient (Wildman–Crippen LogP) is 2.30. The average molecular weight is 293 g/mol. The minimum atomic E-state index is -0.459. The summed E-state index contributed by atoms with van der Waals surface area (Å²) < 4.78 is 11.0. The molecule has 6 nitrogen and oxygen atoms in total. The van der Waals surface area contributed by atoms with E-state index in [1.807, 2.05) is 20.8 Å². The second kappa shape index (κ2) is 6.20. The van der Waals surface area contributed by atoms with Crippen molar-refractivity contribution in [2.45, 2.75) is 32.8 Å². The highest BCUT2D eigenvalue weighted by Gasteiger charge is 2.30. The second-order valence-corrected chi connectivity index (χ2v) is 6.32. The van der Waals surface area contributed by atoms with E-state index in [0.29, 0.717) is 37.2 Å². The van der Waals surface area contributed by atoms with Gasteiger partial charge < -0.3 is 20.1 Å². The molecule has 1 atom stereocenters. The van der Waals surface area contributed by atoms with Crippen LogP contribution in [-0.4, -0.2) is 41.3 Å². The number of amides is 1. The molecule has 2 N–H and O–H groups in total. The number of rotatable bonds is 3. The zero-order valence-electron chi connectivity index (χ0n) is 12.8. The van der Waals surface area contributed by atoms with Crippen LogP contribution in [0.5, 0.6) is 5.88 Å². The van der Waals surface area contributed by atoms with E-state index < -0.39 is 5.60 Å². The Labute approximate surface area is 125 Å². The van der Waals surface area contributed by atoms with E-state index in [1.165, 1.54) is 0 Å². The number of carbonyl (C=O) groups is 1. The summed E-state index contributed by atoms with van der Waals surface area (Å²) in [6, 6.07) is 3.50. The molecule has 2 heterocycles. The lowest BCUT2D eigenvalue weighted by Gasteiger charge is -2.24. The molecular formula is C15H23N3O3. The van der Waals surface area contributed by atoms with Gasteiger partial charge >= 0.3 is 6.09 Å². The second-order valence-electron chi connectivity index (χ2n) is 6.32. The number of ether oxygens (including phenoxy) is 2. The molecule has 2 rings (SSSR count). The predicted molar refractivity (Wildman–Crippen MR) is 80.1 cm³/mol. The van der Waals surface area contributed by atoms with Gasteiger partial charge in [0.05, 0.1) is 18.5 Å². The topological polar surface area (TPSA) is 77.7 Å². The molecule has 0 bridgehead atoms. The highest BCUT2D eigenvalue weighted by Crippen LogP contribution is 2.20. The van der Waals surface area contributed by atoms with E-state index >= 15 is 0 Å². The first-order valence-electron chi connectivity index (χ1n) is 7.16. The summed E-state index contributed by atoms with van der Waals surface area (Å²) in [7, 11) is 0. The van der Waals surface area contributed by atoms with Gasteiger partial charge in [-0.1, -0.05) is 0 Å². The lowest BCUT2D eigenvalue weighted by molar-refractivity contribution is 0.0284. The van der Waals surface area contributed by atoms with Crippen molar-refractivity contribution >= 4 is 11.8 Å². The molecule has 1 aromatic rings. The Hall–Kier alpha value is -1.98. The molecule has 1 saturated heterocycles. The van der Waals surface area contributed by atoms with Gasteiger partial charge in [0.2, 0.25) is 5.88 Å². The summed E-state index contributed by atoms with van der Waals surface area (Å²) in [6.45, 7) is 7.51. The summed E-state index contributed by atoms with van der Waals surface area (Å²) in [4.78, 5) is 17.8. The number of likely N-dealkylation sites (tertiary alicyclic amines) is 1. The van der Waals surface area contributed by atoms with Crippen LogP contribution in [0.3, 0.4) is 0 Å². The maximum absolute atomic E-state index is 12.0.